The number of aliphatic hydroxyl groups is 2. The molecule has 3 heterocycles. The zero-order chi connectivity index (χ0) is 93.4. The lowest BCUT2D eigenvalue weighted by Crippen LogP contribution is -2.64. The average Bonchev–Trinajstić information content (AvgIpc) is 1.61. The first-order chi connectivity index (χ1) is 58.4. The van der Waals surface area contributed by atoms with Gasteiger partial charge in [-0.1, -0.05) is 111 Å². The highest BCUT2D eigenvalue weighted by Gasteiger charge is 2.51. The van der Waals surface area contributed by atoms with E-state index in [1.54, 1.807) is 56.3 Å². The van der Waals surface area contributed by atoms with Crippen LogP contribution in [0, 0.1) is 16.7 Å². The van der Waals surface area contributed by atoms with E-state index >= 15 is 24.0 Å². The summed E-state index contributed by atoms with van der Waals surface area (Å²) in [5.41, 5.74) is 13.4. The molecule has 3 aromatic rings. The maximum Gasteiger partial charge on any atom is 0.325 e. The van der Waals surface area contributed by atoms with Crippen LogP contribution in [0.3, 0.4) is 0 Å². The minimum Gasteiger partial charge on any atom is -0.459 e. The van der Waals surface area contributed by atoms with E-state index in [0.717, 1.165) is 32.4 Å². The Morgan fingerprint density at radius 1 is 0.720 bits per heavy atom. The number of rotatable bonds is 36. The number of anilines is 1. The predicted octanol–water partition coefficient (Wildman–Crippen LogP) is -5.96. The second kappa shape index (κ2) is 45.4. The highest BCUT2D eigenvalue weighted by atomic mass is 79.9. The zero-order valence-corrected chi connectivity index (χ0v) is 72.9. The van der Waals surface area contributed by atoms with Crippen LogP contribution < -0.4 is 86.3 Å². The van der Waals surface area contributed by atoms with E-state index in [-0.39, 0.29) is 43.6 Å². The molecule has 3 aliphatic heterocycles. The standard InChI is InChI=1S/C79H111BrN20O24S/c1-39(2)59(94-69(112)55-23-17-31-100(55)74(117)50(89-63(106)40(3)86-38-101)33-44-24-26-45(80)27-25-44)70(113)97-62(78(6,7)8)72(115)91-52(35-79(120)46-20-14-15-21-47(46)93-76(79)119)66(109)87-48(22-16-30-85-77(83)84)64(107)92-53(37-125(121,122)123)67(110)96-61-42(5)124-58(105)36-98(9)73(116)51(34-57(82)104)90-71(114)60(41(4)102)95-65(108)49(32-43-18-12-11-13-19-43)88-68(111)54(28-29-56(81)103)99(10)75(61)118/h11-15,18-21,24-27,38-42,48-55,59-62,102,120H,16-17,22-23,28-37H2,1-10H3,(H2,81,103)(H2,82,104)(H,86,101)(H,87,109)(H,88,111)(H,89,106)(H,90,114)(H,91,115)(H,92,107)(H,93,119)(H,94,112)(H,95,108)(H,96,110)(H,97,113)(H4,83,84,85)(H,121,122,123)/t40-,41-,42?,48+,49-,50+,51?,52+,53-,54?,55+,59-,60+,61?,62+,79+/m1/s1. The molecular formula is C79H111BrN20O24S. The topological polar surface area (TPSA) is 679 Å². The molecule has 0 spiro atoms. The van der Waals surface area contributed by atoms with E-state index in [1.165, 1.54) is 69.0 Å². The number of ether oxygens (including phenoxy) is 1. The first-order valence-electron chi connectivity index (χ1n) is 39.9. The summed E-state index contributed by atoms with van der Waals surface area (Å²) in [4.78, 5) is 258. The highest BCUT2D eigenvalue weighted by Crippen LogP contribution is 2.39. The van der Waals surface area contributed by atoms with Crippen molar-refractivity contribution in [1.29, 1.82) is 5.41 Å². The Balaban J connectivity index is 1.38. The molecular weight excluding hydrogens is 1720 g/mol. The van der Waals surface area contributed by atoms with Crippen molar-refractivity contribution < 1.29 is 114 Å². The number of hydrogen-bond acceptors (Lipinski definition) is 24. The van der Waals surface area contributed by atoms with Crippen LogP contribution >= 0.6 is 15.9 Å². The van der Waals surface area contributed by atoms with Gasteiger partial charge in [-0.05, 0) is 93.5 Å². The summed E-state index contributed by atoms with van der Waals surface area (Å²) in [6.07, 6.45) is -7.81. The molecule has 4 unspecified atom stereocenters. The van der Waals surface area contributed by atoms with Crippen LogP contribution in [0.5, 0.6) is 0 Å². The number of fused-ring (bicyclic) bond motifs is 1. The summed E-state index contributed by atoms with van der Waals surface area (Å²) in [5, 5.41) is 62.6. The molecule has 684 valence electrons. The number of carbonyl (C=O) groups excluding carboxylic acids is 18. The lowest BCUT2D eigenvalue weighted by atomic mass is 9.84. The lowest BCUT2D eigenvalue weighted by molar-refractivity contribution is -0.158. The number of aliphatic hydroxyl groups excluding tert-OH is 1. The zero-order valence-electron chi connectivity index (χ0n) is 70.5. The van der Waals surface area contributed by atoms with Gasteiger partial charge >= 0.3 is 5.97 Å². The SMILES string of the molecule is CC1OC(=O)CN(C)C(=O)C(CC(N)=O)NC(=O)[C@H]([C@@H](C)O)NC(=O)[C@@H](Cc2ccccc2)NC(=O)C(CCC(N)=O)N(C)C(=O)C1NC(=O)[C@@H](CS(=O)(=O)O)NC(=O)[C@H](CCCNC(=N)N)NC(=O)[C@H](C[C@@]1(O)C(=O)Nc2ccccc21)NC(=O)[C@H](NC(=O)[C@H](NC(=O)[C@@H]1CCCN1C(=O)[C@H](Cc1ccc(Br)cc1)NC(=O)[C@@H](C)NC=O)C(C)C)C(C)(C)C. The molecule has 0 aromatic heterocycles. The van der Waals surface area contributed by atoms with Crippen molar-refractivity contribution in [2.75, 3.05) is 44.8 Å². The number of nitrogens with zero attached hydrogens (tertiary/aromatic N) is 3. The number of halogens is 1. The lowest BCUT2D eigenvalue weighted by Gasteiger charge is -2.35. The van der Waals surface area contributed by atoms with Crippen molar-refractivity contribution in [3.8, 4) is 0 Å². The van der Waals surface area contributed by atoms with E-state index in [0.29, 0.717) is 33.8 Å². The first kappa shape index (κ1) is 102. The van der Waals surface area contributed by atoms with Gasteiger partial charge in [0.25, 0.3) is 16.0 Å². The minimum atomic E-state index is -5.51. The first-order valence-corrected chi connectivity index (χ1v) is 42.3. The molecule has 6 rings (SSSR count). The number of amides is 17. The van der Waals surface area contributed by atoms with E-state index in [1.807, 2.05) is 0 Å². The molecule has 0 saturated carbocycles. The van der Waals surface area contributed by atoms with Crippen LogP contribution in [0.15, 0.2) is 83.3 Å². The minimum absolute atomic E-state index is 0.0421. The number of nitrogens with one attached hydrogen (secondary N) is 14. The normalized spacial score (nSPS) is 21.8. The fraction of sp³-hybridized carbons (Fsp3) is 0.532. The van der Waals surface area contributed by atoms with Gasteiger partial charge in [-0.25, -0.2) is 0 Å². The third kappa shape index (κ3) is 29.4. The van der Waals surface area contributed by atoms with Crippen molar-refractivity contribution in [2.45, 2.75) is 216 Å². The Kier molecular flexibility index (Phi) is 36.8. The second-order valence-corrected chi connectivity index (χ2v) is 34.6. The summed E-state index contributed by atoms with van der Waals surface area (Å²) in [7, 11) is -3.60. The Morgan fingerprint density at radius 3 is 1.93 bits per heavy atom. The number of cyclic esters (lactones) is 1. The smallest absolute Gasteiger partial charge is 0.325 e. The quantitative estimate of drug-likeness (QED) is 0.00644. The van der Waals surface area contributed by atoms with Crippen LogP contribution in [-0.2, 0) is 120 Å². The van der Waals surface area contributed by atoms with Gasteiger partial charge in [-0.3, -0.25) is 96.3 Å². The van der Waals surface area contributed by atoms with Gasteiger partial charge < -0.3 is 116 Å². The molecule has 3 aromatic carbocycles. The summed E-state index contributed by atoms with van der Waals surface area (Å²) < 4.78 is 43.1. The molecule has 2 fully saturated rings. The maximum atomic E-state index is 15.4. The van der Waals surface area contributed by atoms with Gasteiger partial charge in [0.15, 0.2) is 11.6 Å². The number of likely N-dealkylation sites (N-methyl/N-ethyl adjacent to an activating group) is 2. The number of likely N-dealkylation sites (tertiary alicyclic amines) is 1. The largest absolute Gasteiger partial charge is 0.459 e. The van der Waals surface area contributed by atoms with E-state index in [4.69, 9.17) is 27.3 Å². The predicted molar refractivity (Wildman–Crippen MR) is 448 cm³/mol. The van der Waals surface area contributed by atoms with Crippen LogP contribution in [0.4, 0.5) is 5.69 Å². The Hall–Kier alpha value is -12.3. The van der Waals surface area contributed by atoms with Crippen molar-refractivity contribution >= 4 is 145 Å². The summed E-state index contributed by atoms with van der Waals surface area (Å²) in [5.74, 6) is -23.3. The van der Waals surface area contributed by atoms with Crippen molar-refractivity contribution in [1.82, 2.24) is 78.5 Å². The van der Waals surface area contributed by atoms with E-state index in [9.17, 15) is 85.5 Å². The van der Waals surface area contributed by atoms with Gasteiger partial charge in [-0.2, -0.15) is 8.42 Å². The number of nitrogens with two attached hydrogens (primary N) is 3. The highest BCUT2D eigenvalue weighted by molar-refractivity contribution is 9.10. The van der Waals surface area contributed by atoms with Crippen LogP contribution in [0.2, 0.25) is 0 Å². The number of primary amides is 2. The third-order valence-electron chi connectivity index (χ3n) is 20.8. The number of benzene rings is 3. The fourth-order valence-corrected chi connectivity index (χ4v) is 14.9. The molecule has 46 heteroatoms. The van der Waals surface area contributed by atoms with Crippen molar-refractivity contribution in [3.63, 3.8) is 0 Å². The van der Waals surface area contributed by atoms with Crippen LogP contribution in [0.1, 0.15) is 123 Å². The molecule has 3 aliphatic rings. The number of carbonyl (C=O) groups is 18. The van der Waals surface area contributed by atoms with Crippen molar-refractivity contribution in [3.05, 3.63) is 100 Å². The van der Waals surface area contributed by atoms with Crippen molar-refractivity contribution in [2.24, 2.45) is 28.5 Å². The number of esters is 1. The summed E-state index contributed by atoms with van der Waals surface area (Å²) in [6.45, 7) is 9.70. The molecule has 23 N–H and O–H groups in total. The van der Waals surface area contributed by atoms with Crippen LogP contribution in [0.25, 0.3) is 0 Å². The molecule has 0 radical (unpaired) electrons. The van der Waals surface area contributed by atoms with Crippen LogP contribution in [-0.4, -0.2) is 281 Å². The Labute approximate surface area is 728 Å². The second-order valence-electron chi connectivity index (χ2n) is 32.2. The summed E-state index contributed by atoms with van der Waals surface area (Å²) >= 11 is 3.38. The fourth-order valence-electron chi connectivity index (χ4n) is 14.0. The monoisotopic (exact) mass is 1830 g/mol. The molecule has 0 aliphatic carbocycles. The maximum absolute atomic E-state index is 15.4. The molecule has 2 saturated heterocycles. The molecule has 17 amide bonds. The van der Waals surface area contributed by atoms with Gasteiger partial charge in [-0.15, -0.1) is 0 Å². The molecule has 44 nitrogen and oxygen atoms in total. The summed E-state index contributed by atoms with van der Waals surface area (Å²) in [6, 6.07) is -3.27. The number of para-hydroxylation sites is 1. The Bertz CT molecular complexity index is 4640. The van der Waals surface area contributed by atoms with Gasteiger partial charge in [0.2, 0.25) is 95.0 Å². The van der Waals surface area contributed by atoms with E-state index in [2.05, 4.69) is 85.0 Å². The third-order valence-corrected chi connectivity index (χ3v) is 22.1. The molecule has 125 heavy (non-hydrogen) atoms. The van der Waals surface area contributed by atoms with Gasteiger partial charge in [0, 0.05) is 68.6 Å². The molecule has 16 atom stereocenters. The van der Waals surface area contributed by atoms with E-state index < -0.39 is 275 Å². The Morgan fingerprint density at radius 2 is 1.33 bits per heavy atom. The number of guanidine groups is 1. The van der Waals surface area contributed by atoms with Gasteiger partial charge in [0.1, 0.15) is 96.9 Å². The van der Waals surface area contributed by atoms with Gasteiger partial charge in [0.05, 0.1) is 12.5 Å². The number of hydrogen-bond donors (Lipinski definition) is 20. The average molecular weight is 1840 g/mol. The molecule has 0 bridgehead atoms.